The summed E-state index contributed by atoms with van der Waals surface area (Å²) in [6.07, 6.45) is 0. The lowest BCUT2D eigenvalue weighted by molar-refractivity contribution is -0.148. The van der Waals surface area contributed by atoms with Crippen LogP contribution in [0.25, 0.3) is 0 Å². The largest absolute Gasteiger partial charge is 0.468 e. The molecule has 3 amide bonds. The van der Waals surface area contributed by atoms with Gasteiger partial charge in [-0.05, 0) is 39.3 Å². The number of nitrogens with one attached hydrogen (secondary N) is 2. The van der Waals surface area contributed by atoms with E-state index < -0.39 is 23.7 Å². The lowest BCUT2D eigenvalue weighted by Crippen LogP contribution is -2.57. The number of halogens is 1. The van der Waals surface area contributed by atoms with Gasteiger partial charge in [-0.1, -0.05) is 29.8 Å². The van der Waals surface area contributed by atoms with Gasteiger partial charge in [0.15, 0.2) is 0 Å². The molecule has 1 aromatic carbocycles. The van der Waals surface area contributed by atoms with Crippen LogP contribution in [0.3, 0.4) is 0 Å². The zero-order valence-corrected chi connectivity index (χ0v) is 19.0. The Morgan fingerprint density at radius 3 is 2.17 bits per heavy atom. The topological polar surface area (TPSA) is 91.0 Å². The Hall–Kier alpha value is -2.16. The van der Waals surface area contributed by atoms with E-state index in [1.807, 2.05) is 48.8 Å². The zero-order chi connectivity index (χ0) is 22.5. The van der Waals surface area contributed by atoms with Crippen LogP contribution < -0.4 is 10.6 Å². The molecule has 0 radical (unpaired) electrons. The van der Waals surface area contributed by atoms with Crippen molar-refractivity contribution in [1.29, 1.82) is 0 Å². The molecule has 8 nitrogen and oxygen atoms in total. The van der Waals surface area contributed by atoms with E-state index in [0.717, 1.165) is 0 Å². The van der Waals surface area contributed by atoms with Gasteiger partial charge in [0.05, 0.1) is 13.2 Å². The molecule has 0 aliphatic carbocycles. The number of rotatable bonds is 5. The second-order valence-corrected chi connectivity index (χ2v) is 8.80. The summed E-state index contributed by atoms with van der Waals surface area (Å²) in [7, 11) is 1.36. The predicted molar refractivity (Wildman–Crippen MR) is 115 cm³/mol. The maximum Gasteiger partial charge on any atom is 0.327 e. The van der Waals surface area contributed by atoms with Crippen LogP contribution >= 0.6 is 11.6 Å². The Kier molecular flexibility index (Phi) is 8.23. The molecule has 1 aliphatic heterocycles. The average Bonchev–Trinajstić information content (AvgIpc) is 2.67. The Balaban J connectivity index is 2.00. The fourth-order valence-electron chi connectivity index (χ4n) is 3.42. The molecule has 2 atom stereocenters. The predicted octanol–water partition coefficient (Wildman–Crippen LogP) is 2.18. The van der Waals surface area contributed by atoms with Gasteiger partial charge in [0, 0.05) is 36.7 Å². The van der Waals surface area contributed by atoms with Crippen LogP contribution in [0.15, 0.2) is 24.3 Å². The van der Waals surface area contributed by atoms with E-state index >= 15 is 0 Å². The van der Waals surface area contributed by atoms with E-state index in [2.05, 4.69) is 10.6 Å². The van der Waals surface area contributed by atoms with E-state index in [4.69, 9.17) is 16.3 Å². The van der Waals surface area contributed by atoms with E-state index in [-0.39, 0.29) is 11.9 Å². The van der Waals surface area contributed by atoms with Crippen molar-refractivity contribution in [3.63, 3.8) is 0 Å². The summed E-state index contributed by atoms with van der Waals surface area (Å²) < 4.78 is 5.01. The van der Waals surface area contributed by atoms with Crippen LogP contribution in [0.1, 0.15) is 39.3 Å². The lowest BCUT2D eigenvalue weighted by Gasteiger charge is -2.40. The highest BCUT2D eigenvalue weighted by Crippen LogP contribution is 2.29. The monoisotopic (exact) mass is 438 g/mol. The number of urea groups is 1. The number of methoxy groups -OCH3 is 1. The highest BCUT2D eigenvalue weighted by Gasteiger charge is 2.34. The first kappa shape index (κ1) is 24.1. The lowest BCUT2D eigenvalue weighted by atomic mass is 10.0. The third kappa shape index (κ3) is 6.42. The molecule has 1 aliphatic rings. The number of nitrogens with zero attached hydrogens (tertiary/aromatic N) is 2. The van der Waals surface area contributed by atoms with Crippen molar-refractivity contribution in [2.24, 2.45) is 0 Å². The number of benzene rings is 1. The summed E-state index contributed by atoms with van der Waals surface area (Å²) in [5, 5.41) is 5.61. The summed E-state index contributed by atoms with van der Waals surface area (Å²) >= 11 is 6.32. The van der Waals surface area contributed by atoms with Crippen molar-refractivity contribution in [2.45, 2.75) is 45.3 Å². The molecule has 30 heavy (non-hydrogen) atoms. The average molecular weight is 439 g/mol. The molecule has 0 saturated carbocycles. The van der Waals surface area contributed by atoms with Crippen LogP contribution in [0.5, 0.6) is 0 Å². The van der Waals surface area contributed by atoms with Gasteiger partial charge in [0.25, 0.3) is 0 Å². The fraction of sp³-hybridized carbons (Fsp3) is 0.571. The Morgan fingerprint density at radius 2 is 1.63 bits per heavy atom. The first-order valence-corrected chi connectivity index (χ1v) is 10.3. The normalized spacial score (nSPS) is 17.7. The fourth-order valence-corrected chi connectivity index (χ4v) is 3.66. The van der Waals surface area contributed by atoms with Crippen LogP contribution in [0, 0.1) is 0 Å². The van der Waals surface area contributed by atoms with Crippen molar-refractivity contribution in [3.8, 4) is 0 Å². The summed E-state index contributed by atoms with van der Waals surface area (Å²) in [4.78, 5) is 40.9. The van der Waals surface area contributed by atoms with Gasteiger partial charge in [-0.25, -0.2) is 9.59 Å². The molecule has 2 N–H and O–H groups in total. The standard InChI is InChI=1S/C21H31ClN4O4/c1-14(18(27)23-20(29)24-21(2,3)4)25-10-12-26(13-11-25)17(19(28)30-5)15-8-6-7-9-16(15)22/h6-9,14,17H,10-13H2,1-5H3,(H2,23,24,27,29)/t14-,17-/m0/s1. The summed E-state index contributed by atoms with van der Waals surface area (Å²) in [5.74, 6) is -0.734. The summed E-state index contributed by atoms with van der Waals surface area (Å²) in [6, 6.07) is 5.62. The molecule has 1 saturated heterocycles. The third-order valence-corrected chi connectivity index (χ3v) is 5.33. The summed E-state index contributed by atoms with van der Waals surface area (Å²) in [6.45, 7) is 9.53. The Morgan fingerprint density at radius 1 is 1.07 bits per heavy atom. The highest BCUT2D eigenvalue weighted by molar-refractivity contribution is 6.31. The molecule has 1 fully saturated rings. The minimum absolute atomic E-state index is 0.360. The molecule has 0 spiro atoms. The second kappa shape index (κ2) is 10.2. The van der Waals surface area contributed by atoms with Crippen molar-refractivity contribution in [2.75, 3.05) is 33.3 Å². The number of carbonyl (C=O) groups excluding carboxylic acids is 3. The zero-order valence-electron chi connectivity index (χ0n) is 18.2. The van der Waals surface area contributed by atoms with Crippen molar-refractivity contribution >= 4 is 29.5 Å². The van der Waals surface area contributed by atoms with Crippen molar-refractivity contribution < 1.29 is 19.1 Å². The molecule has 0 unspecified atom stereocenters. The van der Waals surface area contributed by atoms with E-state index in [1.54, 1.807) is 13.0 Å². The maximum atomic E-state index is 12.5. The maximum absolute atomic E-state index is 12.5. The molecular formula is C21H31ClN4O4. The number of hydrogen-bond acceptors (Lipinski definition) is 6. The van der Waals surface area contributed by atoms with Crippen LogP contribution in [-0.2, 0) is 14.3 Å². The molecule has 0 aromatic heterocycles. The molecule has 0 bridgehead atoms. The van der Waals surface area contributed by atoms with Gasteiger partial charge in [-0.2, -0.15) is 0 Å². The highest BCUT2D eigenvalue weighted by atomic mass is 35.5. The summed E-state index contributed by atoms with van der Waals surface area (Å²) in [5.41, 5.74) is 0.269. The Labute approximate surface area is 182 Å². The molecule has 1 aromatic rings. The van der Waals surface area contributed by atoms with Crippen molar-refractivity contribution in [3.05, 3.63) is 34.9 Å². The number of hydrogen-bond donors (Lipinski definition) is 2. The first-order chi connectivity index (χ1) is 14.0. The quantitative estimate of drug-likeness (QED) is 0.685. The molecule has 2 rings (SSSR count). The molecule has 166 valence electrons. The SMILES string of the molecule is COC(=O)[C@H](c1ccccc1Cl)N1CCN([C@@H](C)C(=O)NC(=O)NC(C)(C)C)CC1. The van der Waals surface area contributed by atoms with Gasteiger partial charge < -0.3 is 10.1 Å². The number of carbonyl (C=O) groups is 3. The first-order valence-electron chi connectivity index (χ1n) is 9.97. The molecular weight excluding hydrogens is 408 g/mol. The van der Waals surface area contributed by atoms with Gasteiger partial charge in [-0.15, -0.1) is 0 Å². The smallest absolute Gasteiger partial charge is 0.327 e. The van der Waals surface area contributed by atoms with Crippen LogP contribution in [0.4, 0.5) is 4.79 Å². The Bertz CT molecular complexity index is 773. The number of imide groups is 1. The minimum Gasteiger partial charge on any atom is -0.468 e. The number of amides is 3. The van der Waals surface area contributed by atoms with Crippen LogP contribution in [0.2, 0.25) is 5.02 Å². The number of esters is 1. The van der Waals surface area contributed by atoms with Gasteiger partial charge in [0.2, 0.25) is 5.91 Å². The number of piperazine rings is 1. The van der Waals surface area contributed by atoms with E-state index in [1.165, 1.54) is 7.11 Å². The minimum atomic E-state index is -0.604. The third-order valence-electron chi connectivity index (χ3n) is 4.99. The molecule has 9 heteroatoms. The van der Waals surface area contributed by atoms with Gasteiger partial charge in [-0.3, -0.25) is 19.9 Å². The molecule has 1 heterocycles. The number of ether oxygens (including phenoxy) is 1. The van der Waals surface area contributed by atoms with E-state index in [9.17, 15) is 14.4 Å². The van der Waals surface area contributed by atoms with Crippen LogP contribution in [-0.4, -0.2) is 72.6 Å². The van der Waals surface area contributed by atoms with E-state index in [0.29, 0.717) is 36.8 Å². The van der Waals surface area contributed by atoms with Gasteiger partial charge >= 0.3 is 12.0 Å². The second-order valence-electron chi connectivity index (χ2n) is 8.39. The van der Waals surface area contributed by atoms with Gasteiger partial charge in [0.1, 0.15) is 6.04 Å². The van der Waals surface area contributed by atoms with Crippen molar-refractivity contribution in [1.82, 2.24) is 20.4 Å².